The van der Waals surface area contributed by atoms with Gasteiger partial charge in [-0.1, -0.05) is 30.3 Å². The Morgan fingerprint density at radius 3 is 2.58 bits per heavy atom. The Kier molecular flexibility index (Phi) is 6.29. The molecular weight excluding hydrogens is 366 g/mol. The minimum Gasteiger partial charge on any atom is -0.493 e. The van der Waals surface area contributed by atoms with Crippen LogP contribution in [0.3, 0.4) is 0 Å². The van der Waals surface area contributed by atoms with Crippen molar-refractivity contribution >= 4 is 39.7 Å². The average Bonchev–Trinajstić information content (AvgIpc) is 3.16. The van der Waals surface area contributed by atoms with E-state index in [2.05, 4.69) is 27.8 Å². The number of aromatic nitrogens is 1. The number of thiazole rings is 1. The lowest BCUT2D eigenvalue weighted by Gasteiger charge is -2.09. The van der Waals surface area contributed by atoms with Crippen LogP contribution in [-0.2, 0) is 6.42 Å². The van der Waals surface area contributed by atoms with Crippen molar-refractivity contribution in [3.8, 4) is 5.75 Å². The fourth-order valence-corrected chi connectivity index (χ4v) is 3.01. The van der Waals surface area contributed by atoms with E-state index in [4.69, 9.17) is 17.0 Å². The maximum atomic E-state index is 12.2. The van der Waals surface area contributed by atoms with Gasteiger partial charge in [0, 0.05) is 23.6 Å². The van der Waals surface area contributed by atoms with Crippen LogP contribution in [0.25, 0.3) is 0 Å². The molecule has 3 rings (SSSR count). The number of thiocarbonyl (C=S) groups is 1. The fraction of sp³-hybridized carbons (Fsp3) is 0.105. The number of amides is 1. The molecule has 3 aromatic rings. The lowest BCUT2D eigenvalue weighted by atomic mass is 10.2. The Balaban J connectivity index is 1.47. The quantitative estimate of drug-likeness (QED) is 0.632. The van der Waals surface area contributed by atoms with E-state index in [9.17, 15) is 4.79 Å². The van der Waals surface area contributed by atoms with Crippen LogP contribution in [0.5, 0.6) is 5.75 Å². The van der Waals surface area contributed by atoms with E-state index >= 15 is 0 Å². The van der Waals surface area contributed by atoms with Crippen LogP contribution in [0, 0.1) is 0 Å². The summed E-state index contributed by atoms with van der Waals surface area (Å²) in [5, 5.41) is 8.16. The molecule has 26 heavy (non-hydrogen) atoms. The Labute approximate surface area is 161 Å². The maximum absolute atomic E-state index is 12.2. The van der Waals surface area contributed by atoms with E-state index < -0.39 is 0 Å². The molecule has 0 aliphatic carbocycles. The molecule has 0 radical (unpaired) electrons. The molecule has 1 aromatic heterocycles. The van der Waals surface area contributed by atoms with Crippen molar-refractivity contribution in [1.29, 1.82) is 0 Å². The largest absolute Gasteiger partial charge is 0.493 e. The van der Waals surface area contributed by atoms with Crippen LogP contribution in [0.15, 0.2) is 66.2 Å². The highest BCUT2D eigenvalue weighted by Crippen LogP contribution is 2.13. The van der Waals surface area contributed by atoms with E-state index in [-0.39, 0.29) is 11.0 Å². The van der Waals surface area contributed by atoms with Gasteiger partial charge in [0.1, 0.15) is 5.75 Å². The molecule has 0 unspecified atom stereocenters. The molecular formula is C19H17N3O2S2. The predicted octanol–water partition coefficient (Wildman–Crippen LogP) is 3.89. The van der Waals surface area contributed by atoms with Gasteiger partial charge in [-0.05, 0) is 42.0 Å². The van der Waals surface area contributed by atoms with Crippen molar-refractivity contribution in [1.82, 2.24) is 10.3 Å². The van der Waals surface area contributed by atoms with Gasteiger partial charge in [0.25, 0.3) is 5.91 Å². The summed E-state index contributed by atoms with van der Waals surface area (Å²) < 4.78 is 5.72. The molecule has 0 saturated heterocycles. The number of ether oxygens (including phenoxy) is 1. The standard InChI is InChI=1S/C19H17N3O2S2/c23-17(21-18(25)22-19-20-11-13-26-19)15-6-8-16(9-7-15)24-12-10-14-4-2-1-3-5-14/h1-9,11,13H,10,12H2,(H2,20,21,22,23,25). The Morgan fingerprint density at radius 2 is 1.88 bits per heavy atom. The van der Waals surface area contributed by atoms with Crippen molar-refractivity contribution < 1.29 is 9.53 Å². The highest BCUT2D eigenvalue weighted by atomic mass is 32.1. The minimum atomic E-state index is -0.283. The van der Waals surface area contributed by atoms with Gasteiger partial charge in [-0.2, -0.15) is 0 Å². The van der Waals surface area contributed by atoms with E-state index in [1.54, 1.807) is 30.5 Å². The van der Waals surface area contributed by atoms with Gasteiger partial charge in [0.15, 0.2) is 10.2 Å². The van der Waals surface area contributed by atoms with Crippen molar-refractivity contribution in [2.75, 3.05) is 11.9 Å². The van der Waals surface area contributed by atoms with Crippen LogP contribution in [-0.4, -0.2) is 22.6 Å². The maximum Gasteiger partial charge on any atom is 0.257 e. The molecule has 1 heterocycles. The van der Waals surface area contributed by atoms with Crippen molar-refractivity contribution in [2.24, 2.45) is 0 Å². The van der Waals surface area contributed by atoms with Gasteiger partial charge in [-0.3, -0.25) is 10.1 Å². The molecule has 2 N–H and O–H groups in total. The van der Waals surface area contributed by atoms with Gasteiger partial charge >= 0.3 is 0 Å². The van der Waals surface area contributed by atoms with Crippen molar-refractivity contribution in [2.45, 2.75) is 6.42 Å². The highest BCUT2D eigenvalue weighted by Gasteiger charge is 2.09. The number of hydrogen-bond donors (Lipinski definition) is 2. The third-order valence-electron chi connectivity index (χ3n) is 3.50. The second-order valence-electron chi connectivity index (χ2n) is 5.35. The number of carbonyl (C=O) groups is 1. The van der Waals surface area contributed by atoms with Gasteiger partial charge in [-0.15, -0.1) is 11.3 Å². The first-order chi connectivity index (χ1) is 12.7. The Morgan fingerprint density at radius 1 is 1.12 bits per heavy atom. The third kappa shape index (κ3) is 5.37. The molecule has 0 aliphatic rings. The number of anilines is 1. The van der Waals surface area contributed by atoms with Gasteiger partial charge in [0.2, 0.25) is 0 Å². The van der Waals surface area contributed by atoms with Crippen LogP contribution in [0.1, 0.15) is 15.9 Å². The first-order valence-electron chi connectivity index (χ1n) is 7.99. The summed E-state index contributed by atoms with van der Waals surface area (Å²) in [6, 6.07) is 17.1. The average molecular weight is 383 g/mol. The summed E-state index contributed by atoms with van der Waals surface area (Å²) in [5.74, 6) is 0.441. The summed E-state index contributed by atoms with van der Waals surface area (Å²) >= 11 is 6.51. The second kappa shape index (κ2) is 9.07. The van der Waals surface area contributed by atoms with E-state index in [0.717, 1.165) is 12.2 Å². The molecule has 0 bridgehead atoms. The van der Waals surface area contributed by atoms with Gasteiger partial charge in [-0.25, -0.2) is 4.98 Å². The monoisotopic (exact) mass is 383 g/mol. The Hall–Kier alpha value is -2.77. The smallest absolute Gasteiger partial charge is 0.257 e. The van der Waals surface area contributed by atoms with E-state index in [1.807, 2.05) is 23.6 Å². The van der Waals surface area contributed by atoms with Gasteiger partial charge in [0.05, 0.1) is 6.61 Å². The van der Waals surface area contributed by atoms with Crippen LogP contribution >= 0.6 is 23.6 Å². The number of rotatable bonds is 6. The molecule has 0 spiro atoms. The molecule has 0 fully saturated rings. The zero-order chi connectivity index (χ0) is 18.2. The van der Waals surface area contributed by atoms with Crippen LogP contribution < -0.4 is 15.4 Å². The zero-order valence-corrected chi connectivity index (χ0v) is 15.5. The number of benzene rings is 2. The van der Waals surface area contributed by atoms with Crippen LogP contribution in [0.4, 0.5) is 5.13 Å². The molecule has 2 aromatic carbocycles. The summed E-state index contributed by atoms with van der Waals surface area (Å²) in [6.45, 7) is 0.581. The summed E-state index contributed by atoms with van der Waals surface area (Å²) in [6.07, 6.45) is 2.49. The normalized spacial score (nSPS) is 10.2. The lowest BCUT2D eigenvalue weighted by Crippen LogP contribution is -2.34. The molecule has 1 amide bonds. The second-order valence-corrected chi connectivity index (χ2v) is 6.66. The highest BCUT2D eigenvalue weighted by molar-refractivity contribution is 7.80. The molecule has 0 atom stereocenters. The first-order valence-corrected chi connectivity index (χ1v) is 9.28. The summed E-state index contributed by atoms with van der Waals surface area (Å²) in [7, 11) is 0. The number of nitrogens with zero attached hydrogens (tertiary/aromatic N) is 1. The summed E-state index contributed by atoms with van der Waals surface area (Å²) in [4.78, 5) is 16.2. The topological polar surface area (TPSA) is 63.2 Å². The number of nitrogens with one attached hydrogen (secondary N) is 2. The zero-order valence-electron chi connectivity index (χ0n) is 13.8. The van der Waals surface area contributed by atoms with Gasteiger partial charge < -0.3 is 10.1 Å². The Bertz CT molecular complexity index is 850. The van der Waals surface area contributed by atoms with Crippen molar-refractivity contribution in [3.63, 3.8) is 0 Å². The minimum absolute atomic E-state index is 0.216. The molecule has 5 nitrogen and oxygen atoms in total. The predicted molar refractivity (Wildman–Crippen MR) is 108 cm³/mol. The van der Waals surface area contributed by atoms with Crippen LogP contribution in [0.2, 0.25) is 0 Å². The van der Waals surface area contributed by atoms with E-state index in [1.165, 1.54) is 16.9 Å². The fourth-order valence-electron chi connectivity index (χ4n) is 2.22. The lowest BCUT2D eigenvalue weighted by molar-refractivity contribution is 0.0977. The summed E-state index contributed by atoms with van der Waals surface area (Å²) in [5.41, 5.74) is 1.73. The SMILES string of the molecule is O=C(NC(=S)Nc1nccs1)c1ccc(OCCc2ccccc2)cc1. The third-order valence-corrected chi connectivity index (χ3v) is 4.39. The molecule has 0 aliphatic heterocycles. The van der Waals surface area contributed by atoms with Crippen molar-refractivity contribution in [3.05, 3.63) is 77.3 Å². The molecule has 0 saturated carbocycles. The van der Waals surface area contributed by atoms with E-state index in [0.29, 0.717) is 17.3 Å². The number of carbonyl (C=O) groups excluding carboxylic acids is 1. The molecule has 132 valence electrons. The first kappa shape index (κ1) is 18.0. The molecule has 7 heteroatoms. The number of hydrogen-bond acceptors (Lipinski definition) is 5.